The number of unbranched alkanes of at least 4 members (excludes halogenated alkanes) is 4. The molecule has 1 aliphatic heterocycles. The third-order valence-electron chi connectivity index (χ3n) is 3.95. The molecule has 138 valence electrons. The average Bonchev–Trinajstić information content (AvgIpc) is 3.11. The molecule has 25 heavy (non-hydrogen) atoms. The molecule has 0 saturated heterocycles. The fourth-order valence-electron chi connectivity index (χ4n) is 2.60. The predicted octanol–water partition coefficient (Wildman–Crippen LogP) is 2.53. The van der Waals surface area contributed by atoms with Crippen LogP contribution in [0.3, 0.4) is 0 Å². The molecular formula is C17H25N3O3S2. The van der Waals surface area contributed by atoms with Gasteiger partial charge in [-0.25, -0.2) is 13.6 Å². The normalized spacial score (nSPS) is 14.4. The van der Waals surface area contributed by atoms with E-state index >= 15 is 0 Å². The van der Waals surface area contributed by atoms with Gasteiger partial charge in [-0.3, -0.25) is 9.79 Å². The van der Waals surface area contributed by atoms with Gasteiger partial charge < -0.3 is 5.32 Å². The fraction of sp³-hybridized carbons (Fsp3) is 0.529. The van der Waals surface area contributed by atoms with E-state index in [0.29, 0.717) is 24.2 Å². The topological polar surface area (TPSA) is 102 Å². The highest BCUT2D eigenvalue weighted by Crippen LogP contribution is 2.24. The third kappa shape index (κ3) is 5.83. The van der Waals surface area contributed by atoms with E-state index in [1.54, 1.807) is 17.8 Å². The number of hydrogen-bond acceptors (Lipinski definition) is 5. The molecule has 0 fully saturated rings. The van der Waals surface area contributed by atoms with Gasteiger partial charge in [0.15, 0.2) is 0 Å². The molecule has 0 bridgehead atoms. The number of nitrogens with two attached hydrogens (primary N) is 1. The molecular weight excluding hydrogens is 358 g/mol. The van der Waals surface area contributed by atoms with Gasteiger partial charge in [0.1, 0.15) is 0 Å². The minimum atomic E-state index is -3.86. The summed E-state index contributed by atoms with van der Waals surface area (Å²) >= 11 is 1.57. The maximum atomic E-state index is 12.6. The number of nitrogens with zero attached hydrogens (tertiary/aromatic N) is 1. The van der Waals surface area contributed by atoms with E-state index in [1.165, 1.54) is 25.0 Å². The molecule has 0 radical (unpaired) electrons. The van der Waals surface area contributed by atoms with Crippen molar-refractivity contribution in [3.8, 4) is 0 Å². The summed E-state index contributed by atoms with van der Waals surface area (Å²) in [5.74, 6) is 0.580. The Bertz CT molecular complexity index is 746. The molecule has 0 aromatic heterocycles. The summed E-state index contributed by atoms with van der Waals surface area (Å²) in [7, 11) is -3.86. The van der Waals surface area contributed by atoms with Crippen LogP contribution in [0.15, 0.2) is 28.1 Å². The largest absolute Gasteiger partial charge is 0.352 e. The van der Waals surface area contributed by atoms with E-state index in [0.717, 1.165) is 30.1 Å². The highest BCUT2D eigenvalue weighted by molar-refractivity contribution is 8.14. The second kappa shape index (κ2) is 9.35. The van der Waals surface area contributed by atoms with Gasteiger partial charge in [-0.15, -0.1) is 11.8 Å². The van der Waals surface area contributed by atoms with Crippen LogP contribution in [-0.4, -0.2) is 38.2 Å². The Morgan fingerprint density at radius 2 is 2.04 bits per heavy atom. The van der Waals surface area contributed by atoms with Crippen LogP contribution >= 0.6 is 11.8 Å². The Labute approximate surface area is 153 Å². The van der Waals surface area contributed by atoms with E-state index in [-0.39, 0.29) is 10.8 Å². The molecule has 1 aromatic carbocycles. The lowest BCUT2D eigenvalue weighted by atomic mass is 10.1. The van der Waals surface area contributed by atoms with Crippen molar-refractivity contribution in [1.29, 1.82) is 0 Å². The quantitative estimate of drug-likeness (QED) is 0.640. The zero-order valence-electron chi connectivity index (χ0n) is 14.5. The van der Waals surface area contributed by atoms with Gasteiger partial charge in [-0.2, -0.15) is 0 Å². The van der Waals surface area contributed by atoms with Gasteiger partial charge in [-0.05, 0) is 18.6 Å². The molecule has 0 spiro atoms. The number of thioether (sulfide) groups is 1. The van der Waals surface area contributed by atoms with Crippen molar-refractivity contribution in [3.63, 3.8) is 0 Å². The minimum absolute atomic E-state index is 0.0621. The number of carbonyl (C=O) groups excluding carboxylic acids is 1. The summed E-state index contributed by atoms with van der Waals surface area (Å²) in [6.07, 6.45) is 5.51. The monoisotopic (exact) mass is 383 g/mol. The number of hydrogen-bond donors (Lipinski definition) is 2. The van der Waals surface area contributed by atoms with Crippen LogP contribution in [0.2, 0.25) is 0 Å². The Hall–Kier alpha value is -1.38. The number of amides is 1. The van der Waals surface area contributed by atoms with Crippen molar-refractivity contribution in [2.45, 2.75) is 43.9 Å². The van der Waals surface area contributed by atoms with Crippen LogP contribution in [0.1, 0.15) is 54.9 Å². The number of sulfonamides is 1. The van der Waals surface area contributed by atoms with Crippen molar-refractivity contribution >= 4 is 32.7 Å². The molecule has 0 unspecified atom stereocenters. The third-order valence-corrected chi connectivity index (χ3v) is 5.87. The van der Waals surface area contributed by atoms with Gasteiger partial charge in [-0.1, -0.05) is 38.7 Å². The second-order valence-electron chi connectivity index (χ2n) is 5.96. The summed E-state index contributed by atoms with van der Waals surface area (Å²) in [5, 5.41) is 8.85. The lowest BCUT2D eigenvalue weighted by Crippen LogP contribution is -2.26. The standard InChI is InChI=1S/C17H25N3O3S2/c1-2-3-4-5-6-9-19-16(21)15-12-13(25(18,22)23)7-8-14(15)17-20-10-11-24-17/h7-8,12H,2-6,9-11H2,1H3,(H,19,21)(H2,18,22,23). The summed E-state index contributed by atoms with van der Waals surface area (Å²) in [4.78, 5) is 16.9. The predicted molar refractivity (Wildman–Crippen MR) is 103 cm³/mol. The van der Waals surface area contributed by atoms with E-state index in [9.17, 15) is 13.2 Å². The van der Waals surface area contributed by atoms with E-state index in [4.69, 9.17) is 5.14 Å². The first-order chi connectivity index (χ1) is 11.9. The van der Waals surface area contributed by atoms with Gasteiger partial charge in [0, 0.05) is 24.4 Å². The van der Waals surface area contributed by atoms with Crippen LogP contribution in [0.25, 0.3) is 0 Å². The molecule has 6 nitrogen and oxygen atoms in total. The van der Waals surface area contributed by atoms with Crippen molar-refractivity contribution in [1.82, 2.24) is 5.32 Å². The second-order valence-corrected chi connectivity index (χ2v) is 8.60. The van der Waals surface area contributed by atoms with E-state index < -0.39 is 10.0 Å². The Morgan fingerprint density at radius 3 is 2.68 bits per heavy atom. The number of primary sulfonamides is 1. The first kappa shape index (κ1) is 19.9. The highest BCUT2D eigenvalue weighted by atomic mass is 32.2. The van der Waals surface area contributed by atoms with Gasteiger partial charge in [0.05, 0.1) is 15.5 Å². The lowest BCUT2D eigenvalue weighted by molar-refractivity contribution is 0.0952. The van der Waals surface area contributed by atoms with Gasteiger partial charge >= 0.3 is 0 Å². The summed E-state index contributed by atoms with van der Waals surface area (Å²) < 4.78 is 23.2. The van der Waals surface area contributed by atoms with Crippen molar-refractivity contribution in [2.24, 2.45) is 10.1 Å². The molecule has 0 atom stereocenters. The first-order valence-electron chi connectivity index (χ1n) is 8.56. The van der Waals surface area contributed by atoms with Crippen LogP contribution in [0.4, 0.5) is 0 Å². The zero-order chi connectivity index (χ0) is 18.3. The molecule has 0 saturated carbocycles. The first-order valence-corrected chi connectivity index (χ1v) is 11.1. The zero-order valence-corrected chi connectivity index (χ0v) is 16.1. The number of benzene rings is 1. The lowest BCUT2D eigenvalue weighted by Gasteiger charge is -2.11. The average molecular weight is 384 g/mol. The van der Waals surface area contributed by atoms with Crippen LogP contribution in [-0.2, 0) is 10.0 Å². The SMILES string of the molecule is CCCCCCCNC(=O)c1cc(S(N)(=O)=O)ccc1C1=NCCS1. The highest BCUT2D eigenvalue weighted by Gasteiger charge is 2.21. The molecule has 1 aliphatic rings. The van der Waals surface area contributed by atoms with Gasteiger partial charge in [0.25, 0.3) is 5.91 Å². The van der Waals surface area contributed by atoms with Crippen molar-refractivity contribution in [3.05, 3.63) is 29.3 Å². The molecule has 1 amide bonds. The van der Waals surface area contributed by atoms with Crippen LogP contribution in [0.5, 0.6) is 0 Å². The smallest absolute Gasteiger partial charge is 0.252 e. The molecule has 3 N–H and O–H groups in total. The van der Waals surface area contributed by atoms with E-state index in [2.05, 4.69) is 17.2 Å². The molecule has 1 heterocycles. The van der Waals surface area contributed by atoms with E-state index in [1.807, 2.05) is 0 Å². The minimum Gasteiger partial charge on any atom is -0.352 e. The number of carbonyl (C=O) groups is 1. The summed E-state index contributed by atoms with van der Waals surface area (Å²) in [6.45, 7) is 3.43. The maximum Gasteiger partial charge on any atom is 0.252 e. The van der Waals surface area contributed by atoms with Crippen molar-refractivity contribution in [2.75, 3.05) is 18.8 Å². The number of nitrogens with one attached hydrogen (secondary N) is 1. The van der Waals surface area contributed by atoms with Gasteiger partial charge in [0.2, 0.25) is 10.0 Å². The summed E-state index contributed by atoms with van der Waals surface area (Å²) in [6, 6.07) is 4.39. The fourth-order valence-corrected chi connectivity index (χ4v) is 4.03. The molecule has 2 rings (SSSR count). The Kier molecular flexibility index (Phi) is 7.46. The number of rotatable bonds is 9. The maximum absolute atomic E-state index is 12.6. The Morgan fingerprint density at radius 1 is 1.28 bits per heavy atom. The molecule has 1 aromatic rings. The van der Waals surface area contributed by atoms with Crippen molar-refractivity contribution < 1.29 is 13.2 Å². The summed E-state index contributed by atoms with van der Waals surface area (Å²) in [5.41, 5.74) is 0.978. The van der Waals surface area contributed by atoms with Crippen LogP contribution in [0, 0.1) is 0 Å². The number of aliphatic imine (C=N–C) groups is 1. The molecule has 0 aliphatic carbocycles. The molecule has 8 heteroatoms. The van der Waals surface area contributed by atoms with Crippen LogP contribution < -0.4 is 10.5 Å². The Balaban J connectivity index is 2.13.